The van der Waals surface area contributed by atoms with E-state index in [9.17, 15) is 26.4 Å². The summed E-state index contributed by atoms with van der Waals surface area (Å²) in [7, 11) is -3.53. The Morgan fingerprint density at radius 3 is 2.50 bits per heavy atom. The van der Waals surface area contributed by atoms with E-state index in [-0.39, 0.29) is 28.4 Å². The van der Waals surface area contributed by atoms with Crippen molar-refractivity contribution in [3.05, 3.63) is 53.6 Å². The molecule has 3 rings (SSSR count). The minimum atomic E-state index is -4.50. The van der Waals surface area contributed by atoms with Crippen molar-refractivity contribution in [3.63, 3.8) is 0 Å². The van der Waals surface area contributed by atoms with Gasteiger partial charge in [0, 0.05) is 0 Å². The largest absolute Gasteiger partial charge is 0.479 e. The van der Waals surface area contributed by atoms with Crippen LogP contribution in [0.1, 0.15) is 25.0 Å². The zero-order chi connectivity index (χ0) is 20.7. The van der Waals surface area contributed by atoms with Gasteiger partial charge in [0.1, 0.15) is 5.75 Å². The Bertz CT molecular complexity index is 1020. The molecule has 1 aliphatic rings. The summed E-state index contributed by atoms with van der Waals surface area (Å²) in [6.45, 7) is 2.89. The molecule has 0 saturated carbocycles. The second-order valence-corrected chi connectivity index (χ2v) is 8.69. The Morgan fingerprint density at radius 2 is 1.86 bits per heavy atom. The summed E-state index contributed by atoms with van der Waals surface area (Å²) < 4.78 is 68.8. The molecule has 1 unspecified atom stereocenters. The molecule has 0 aromatic heterocycles. The van der Waals surface area contributed by atoms with Crippen molar-refractivity contribution >= 4 is 21.4 Å². The number of fused-ring (bicyclic) bond motifs is 1. The lowest BCUT2D eigenvalue weighted by molar-refractivity contribution is -0.137. The number of benzene rings is 2. The molecule has 0 aliphatic carbocycles. The monoisotopic (exact) mass is 413 g/mol. The fraction of sp³-hybridized carbons (Fsp3) is 0.316. The number of ether oxygens (including phenoxy) is 1. The minimum absolute atomic E-state index is 0.0220. The van der Waals surface area contributed by atoms with Gasteiger partial charge in [-0.1, -0.05) is 19.1 Å². The number of hydrogen-bond acceptors (Lipinski definition) is 4. The maximum Gasteiger partial charge on any atom is 0.416 e. The predicted octanol–water partition coefficient (Wildman–Crippen LogP) is 3.81. The van der Waals surface area contributed by atoms with E-state index in [1.165, 1.54) is 49.1 Å². The first-order valence-corrected chi connectivity index (χ1v) is 10.2. The maximum atomic E-state index is 13.0. The van der Waals surface area contributed by atoms with Crippen LogP contribution in [-0.2, 0) is 27.4 Å². The minimum Gasteiger partial charge on any atom is -0.479 e. The Balaban J connectivity index is 2.04. The first-order chi connectivity index (χ1) is 13.0. The number of hydrogen-bond donors (Lipinski definition) is 0. The van der Waals surface area contributed by atoms with Gasteiger partial charge in [0.25, 0.3) is 5.91 Å². The molecular weight excluding hydrogens is 395 g/mol. The smallest absolute Gasteiger partial charge is 0.416 e. The Hall–Kier alpha value is -2.55. The Kier molecular flexibility index (Phi) is 5.14. The zero-order valence-corrected chi connectivity index (χ0v) is 16.0. The van der Waals surface area contributed by atoms with E-state index in [1.807, 2.05) is 0 Å². The van der Waals surface area contributed by atoms with Gasteiger partial charge in [-0.05, 0) is 42.8 Å². The van der Waals surface area contributed by atoms with Crippen molar-refractivity contribution in [3.8, 4) is 5.75 Å². The van der Waals surface area contributed by atoms with Gasteiger partial charge in [-0.2, -0.15) is 13.2 Å². The van der Waals surface area contributed by atoms with Crippen LogP contribution in [0.25, 0.3) is 0 Å². The average Bonchev–Trinajstić information content (AvgIpc) is 2.64. The van der Waals surface area contributed by atoms with Crippen LogP contribution in [0, 0.1) is 0 Å². The molecule has 28 heavy (non-hydrogen) atoms. The molecule has 0 radical (unpaired) electrons. The summed E-state index contributed by atoms with van der Waals surface area (Å²) >= 11 is 0. The molecule has 0 saturated heterocycles. The highest BCUT2D eigenvalue weighted by Crippen LogP contribution is 2.37. The molecule has 150 valence electrons. The number of amides is 1. The van der Waals surface area contributed by atoms with Crippen LogP contribution in [0.4, 0.5) is 18.9 Å². The van der Waals surface area contributed by atoms with Gasteiger partial charge in [0.15, 0.2) is 15.9 Å². The molecule has 1 amide bonds. The number of nitrogens with zero attached hydrogens (tertiary/aromatic N) is 1. The van der Waals surface area contributed by atoms with E-state index in [0.717, 1.165) is 12.1 Å². The highest BCUT2D eigenvalue weighted by Gasteiger charge is 2.34. The first-order valence-electron chi connectivity index (χ1n) is 8.54. The molecule has 0 fully saturated rings. The number of carbonyl (C=O) groups is 1. The van der Waals surface area contributed by atoms with E-state index in [0.29, 0.717) is 5.75 Å². The quantitative estimate of drug-likeness (QED) is 0.765. The van der Waals surface area contributed by atoms with Crippen LogP contribution in [0.2, 0.25) is 0 Å². The number of sulfone groups is 1. The summed E-state index contributed by atoms with van der Waals surface area (Å²) in [5.74, 6) is -0.282. The third kappa shape index (κ3) is 3.84. The molecule has 2 aromatic carbocycles. The summed E-state index contributed by atoms with van der Waals surface area (Å²) in [4.78, 5) is 13.9. The second-order valence-electron chi connectivity index (χ2n) is 6.42. The summed E-state index contributed by atoms with van der Waals surface area (Å²) in [5, 5.41) is 0. The van der Waals surface area contributed by atoms with E-state index < -0.39 is 33.6 Å². The van der Waals surface area contributed by atoms with Crippen molar-refractivity contribution in [2.75, 3.05) is 10.7 Å². The molecule has 9 heteroatoms. The number of carbonyl (C=O) groups excluding carboxylic acids is 1. The predicted molar refractivity (Wildman–Crippen MR) is 96.9 cm³/mol. The van der Waals surface area contributed by atoms with Crippen molar-refractivity contribution < 1.29 is 31.1 Å². The molecule has 1 heterocycles. The van der Waals surface area contributed by atoms with E-state index in [4.69, 9.17) is 4.74 Å². The molecule has 2 aromatic rings. The van der Waals surface area contributed by atoms with Crippen LogP contribution >= 0.6 is 0 Å². The van der Waals surface area contributed by atoms with Gasteiger partial charge in [-0.25, -0.2) is 8.42 Å². The molecular formula is C19H18F3NO4S. The average molecular weight is 413 g/mol. The molecule has 0 N–H and O–H groups in total. The van der Waals surface area contributed by atoms with Crippen LogP contribution in [-0.4, -0.2) is 26.2 Å². The van der Waals surface area contributed by atoms with Crippen molar-refractivity contribution in [2.24, 2.45) is 0 Å². The van der Waals surface area contributed by atoms with Gasteiger partial charge in [-0.3, -0.25) is 4.79 Å². The second kappa shape index (κ2) is 7.12. The van der Waals surface area contributed by atoms with Crippen molar-refractivity contribution in [1.82, 2.24) is 0 Å². The fourth-order valence-corrected chi connectivity index (χ4v) is 3.84. The lowest BCUT2D eigenvalue weighted by Gasteiger charge is -2.33. The van der Waals surface area contributed by atoms with Gasteiger partial charge in [0.2, 0.25) is 0 Å². The normalized spacial score (nSPS) is 17.2. The first kappa shape index (κ1) is 20.2. The standard InChI is InChI=1S/C19H18F3NO4S/c1-3-28(25,26)15-7-8-17-16(10-15)23(18(24)12(2)27-17)11-13-5-4-6-14(9-13)19(20,21)22/h4-10,12H,3,11H2,1-2H3. The van der Waals surface area contributed by atoms with Crippen molar-refractivity contribution in [1.29, 1.82) is 0 Å². The van der Waals surface area contributed by atoms with E-state index in [2.05, 4.69) is 0 Å². The topological polar surface area (TPSA) is 63.7 Å². The lowest BCUT2D eigenvalue weighted by Crippen LogP contribution is -2.44. The highest BCUT2D eigenvalue weighted by molar-refractivity contribution is 7.91. The summed E-state index contributed by atoms with van der Waals surface area (Å²) in [6, 6.07) is 8.85. The molecule has 1 aliphatic heterocycles. The highest BCUT2D eigenvalue weighted by atomic mass is 32.2. The van der Waals surface area contributed by atoms with Gasteiger partial charge in [-0.15, -0.1) is 0 Å². The van der Waals surface area contributed by atoms with Gasteiger partial charge >= 0.3 is 6.18 Å². The molecule has 0 spiro atoms. The van der Waals surface area contributed by atoms with Crippen LogP contribution < -0.4 is 9.64 Å². The van der Waals surface area contributed by atoms with Gasteiger partial charge in [0.05, 0.1) is 28.4 Å². The molecule has 1 atom stereocenters. The Morgan fingerprint density at radius 1 is 1.14 bits per heavy atom. The number of rotatable bonds is 4. The van der Waals surface area contributed by atoms with Gasteiger partial charge < -0.3 is 9.64 Å². The molecule has 0 bridgehead atoms. The SMILES string of the molecule is CCS(=O)(=O)c1ccc2c(c1)N(Cc1cccc(C(F)(F)F)c1)C(=O)C(C)O2. The van der Waals surface area contributed by atoms with Crippen LogP contribution in [0.3, 0.4) is 0 Å². The third-order valence-corrected chi connectivity index (χ3v) is 6.21. The summed E-state index contributed by atoms with van der Waals surface area (Å²) in [5.41, 5.74) is -0.330. The molecule has 5 nitrogen and oxygen atoms in total. The van der Waals surface area contributed by atoms with Crippen LogP contribution in [0.5, 0.6) is 5.75 Å². The van der Waals surface area contributed by atoms with Crippen molar-refractivity contribution in [2.45, 2.75) is 37.6 Å². The number of halogens is 3. The zero-order valence-electron chi connectivity index (χ0n) is 15.2. The Labute approximate surface area is 160 Å². The van der Waals surface area contributed by atoms with E-state index in [1.54, 1.807) is 0 Å². The van der Waals surface area contributed by atoms with Crippen LogP contribution in [0.15, 0.2) is 47.4 Å². The van der Waals surface area contributed by atoms with E-state index >= 15 is 0 Å². The maximum absolute atomic E-state index is 13.0. The number of anilines is 1. The lowest BCUT2D eigenvalue weighted by atomic mass is 10.1. The third-order valence-electron chi connectivity index (χ3n) is 4.47. The summed E-state index contributed by atoms with van der Waals surface area (Å²) in [6.07, 6.45) is -5.34. The fourth-order valence-electron chi connectivity index (χ4n) is 2.94. The number of alkyl halides is 3.